The molecule has 2 fully saturated rings. The molecule has 0 aliphatic carbocycles. The number of piperidine rings is 1. The first-order valence-electron chi connectivity index (χ1n) is 13.0. The fourth-order valence-electron chi connectivity index (χ4n) is 5.47. The maximum Gasteiger partial charge on any atom is 0.429 e. The number of carboxylic acid groups (broad SMARTS) is 1. The fraction of sp³-hybridized carbons (Fsp3) is 0.393. The number of halogens is 4. The Bertz CT molecular complexity index is 1410. The lowest BCUT2D eigenvalue weighted by Gasteiger charge is -2.39. The van der Waals surface area contributed by atoms with Gasteiger partial charge in [0.25, 0.3) is 0 Å². The van der Waals surface area contributed by atoms with Gasteiger partial charge in [-0.3, -0.25) is 4.79 Å². The molecule has 0 unspecified atom stereocenters. The Balaban J connectivity index is 1.33. The van der Waals surface area contributed by atoms with Crippen LogP contribution >= 0.6 is 0 Å². The van der Waals surface area contributed by atoms with Gasteiger partial charge in [-0.25, -0.2) is 4.39 Å². The minimum Gasteiger partial charge on any atom is -0.497 e. The third-order valence-electron chi connectivity index (χ3n) is 7.75. The molecule has 5 rings (SSSR count). The SMILES string of the molecule is COc1ccc(F)c(-c2ccc([C@@H](Oc3cc(N4CCC5(CC4)CN[C@H](C(=O)O)C5)nc(N)n3)C(F)(F)F)cc2)c1. The lowest BCUT2D eigenvalue weighted by molar-refractivity contribution is -0.198. The van der Waals surface area contributed by atoms with Crippen molar-refractivity contribution in [2.45, 2.75) is 37.6 Å². The minimum atomic E-state index is -4.80. The molecular formula is C28H29F4N5O4. The van der Waals surface area contributed by atoms with Crippen molar-refractivity contribution >= 4 is 17.7 Å². The van der Waals surface area contributed by atoms with Crippen molar-refractivity contribution in [1.82, 2.24) is 15.3 Å². The number of hydrogen-bond donors (Lipinski definition) is 3. The van der Waals surface area contributed by atoms with E-state index in [0.717, 1.165) is 0 Å². The second kappa shape index (κ2) is 11.0. The summed E-state index contributed by atoms with van der Waals surface area (Å²) in [5, 5.41) is 12.4. The van der Waals surface area contributed by atoms with Gasteiger partial charge in [-0.05, 0) is 48.4 Å². The first-order valence-corrected chi connectivity index (χ1v) is 13.0. The standard InChI is InChI=1S/C28H29F4N5O4/c1-40-18-6-7-20(29)19(12-18)16-2-4-17(5-3-16)24(28(30,31)32)41-23-13-22(35-26(33)36-23)37-10-8-27(9-11-37)14-21(25(38)39)34-15-27/h2-7,12-13,21,24,34H,8-11,14-15H2,1H3,(H,38,39)(H2,33,35,36)/t21-,24+/m0/s1. The molecule has 218 valence electrons. The Kier molecular flexibility index (Phi) is 7.64. The number of nitrogens with two attached hydrogens (primary N) is 1. The molecule has 4 N–H and O–H groups in total. The third-order valence-corrected chi connectivity index (χ3v) is 7.75. The van der Waals surface area contributed by atoms with Crippen LogP contribution in [0.4, 0.5) is 29.3 Å². The van der Waals surface area contributed by atoms with Gasteiger partial charge in [-0.1, -0.05) is 24.3 Å². The first kappa shape index (κ1) is 28.4. The van der Waals surface area contributed by atoms with Crippen LogP contribution in [-0.4, -0.2) is 60.0 Å². The number of methoxy groups -OCH3 is 1. The van der Waals surface area contributed by atoms with Crippen LogP contribution in [-0.2, 0) is 4.79 Å². The quantitative estimate of drug-likeness (QED) is 0.347. The van der Waals surface area contributed by atoms with Crippen molar-refractivity contribution < 1.29 is 36.9 Å². The van der Waals surface area contributed by atoms with E-state index in [1.165, 1.54) is 55.6 Å². The van der Waals surface area contributed by atoms with Crippen LogP contribution in [0.25, 0.3) is 11.1 Å². The van der Waals surface area contributed by atoms with Gasteiger partial charge in [0.15, 0.2) is 0 Å². The summed E-state index contributed by atoms with van der Waals surface area (Å²) in [6.45, 7) is 1.64. The Morgan fingerprint density at radius 2 is 1.85 bits per heavy atom. The molecule has 1 aromatic heterocycles. The zero-order chi connectivity index (χ0) is 29.4. The van der Waals surface area contributed by atoms with Crippen molar-refractivity contribution in [3.63, 3.8) is 0 Å². The highest BCUT2D eigenvalue weighted by Crippen LogP contribution is 2.41. The van der Waals surface area contributed by atoms with Gasteiger partial charge in [0.1, 0.15) is 23.4 Å². The van der Waals surface area contributed by atoms with Crippen LogP contribution in [0.1, 0.15) is 30.9 Å². The summed E-state index contributed by atoms with van der Waals surface area (Å²) in [5.74, 6) is -1.26. The van der Waals surface area contributed by atoms with E-state index in [1.54, 1.807) is 0 Å². The predicted octanol–water partition coefficient (Wildman–Crippen LogP) is 4.59. The predicted molar refractivity (Wildman–Crippen MR) is 142 cm³/mol. The molecule has 0 bridgehead atoms. The maximum atomic E-state index is 14.4. The number of alkyl halides is 3. The zero-order valence-electron chi connectivity index (χ0n) is 22.1. The first-order chi connectivity index (χ1) is 19.5. The lowest BCUT2D eigenvalue weighted by Crippen LogP contribution is -2.41. The highest BCUT2D eigenvalue weighted by molar-refractivity contribution is 5.74. The average Bonchev–Trinajstić information content (AvgIpc) is 3.35. The van der Waals surface area contributed by atoms with E-state index in [1.807, 2.05) is 4.90 Å². The van der Waals surface area contributed by atoms with E-state index >= 15 is 0 Å². The monoisotopic (exact) mass is 575 g/mol. The number of nitrogens with one attached hydrogen (secondary N) is 1. The van der Waals surface area contributed by atoms with Crippen LogP contribution in [0, 0.1) is 11.2 Å². The minimum absolute atomic E-state index is 0.154. The molecule has 2 aromatic carbocycles. The van der Waals surface area contributed by atoms with Crippen LogP contribution in [0.2, 0.25) is 0 Å². The molecule has 3 heterocycles. The Hall–Kier alpha value is -4.13. The number of anilines is 2. The van der Waals surface area contributed by atoms with Gasteiger partial charge in [-0.15, -0.1) is 0 Å². The molecule has 0 amide bonds. The topological polar surface area (TPSA) is 123 Å². The lowest BCUT2D eigenvalue weighted by atomic mass is 9.76. The molecule has 41 heavy (non-hydrogen) atoms. The molecule has 1 spiro atoms. The van der Waals surface area contributed by atoms with E-state index in [-0.39, 0.29) is 28.4 Å². The molecule has 0 saturated carbocycles. The summed E-state index contributed by atoms with van der Waals surface area (Å²) in [6.07, 6.45) is -5.26. The molecule has 2 aliphatic rings. The van der Waals surface area contributed by atoms with Crippen LogP contribution in [0.15, 0.2) is 48.5 Å². The molecule has 9 nitrogen and oxygen atoms in total. The Labute approximate surface area is 233 Å². The van der Waals surface area contributed by atoms with E-state index in [4.69, 9.17) is 15.2 Å². The fourth-order valence-corrected chi connectivity index (χ4v) is 5.47. The van der Waals surface area contributed by atoms with Crippen molar-refractivity contribution in [2.75, 3.05) is 37.4 Å². The van der Waals surface area contributed by atoms with Gasteiger partial charge in [0.2, 0.25) is 17.9 Å². The van der Waals surface area contributed by atoms with Crippen LogP contribution < -0.4 is 25.4 Å². The van der Waals surface area contributed by atoms with Crippen molar-refractivity contribution in [2.24, 2.45) is 5.41 Å². The number of aromatic nitrogens is 2. The van der Waals surface area contributed by atoms with Crippen LogP contribution in [0.3, 0.4) is 0 Å². The van der Waals surface area contributed by atoms with Crippen molar-refractivity contribution in [1.29, 1.82) is 0 Å². The molecule has 13 heteroatoms. The number of ether oxygens (including phenoxy) is 2. The van der Waals surface area contributed by atoms with E-state index in [9.17, 15) is 27.5 Å². The molecule has 2 saturated heterocycles. The van der Waals surface area contributed by atoms with Crippen molar-refractivity contribution in [3.05, 3.63) is 59.9 Å². The number of benzene rings is 2. The van der Waals surface area contributed by atoms with Gasteiger partial charge >= 0.3 is 12.1 Å². The number of carbonyl (C=O) groups is 1. The Morgan fingerprint density at radius 3 is 2.46 bits per heavy atom. The maximum absolute atomic E-state index is 14.4. The summed E-state index contributed by atoms with van der Waals surface area (Å²) in [7, 11) is 1.43. The largest absolute Gasteiger partial charge is 0.497 e. The molecule has 2 atom stereocenters. The summed E-state index contributed by atoms with van der Waals surface area (Å²) >= 11 is 0. The number of nitrogen functional groups attached to an aromatic ring is 1. The molecule has 0 radical (unpaired) electrons. The highest BCUT2D eigenvalue weighted by atomic mass is 19.4. The molecular weight excluding hydrogens is 546 g/mol. The number of hydrogen-bond acceptors (Lipinski definition) is 8. The van der Waals surface area contributed by atoms with E-state index in [0.29, 0.717) is 56.0 Å². The highest BCUT2D eigenvalue weighted by Gasteiger charge is 2.45. The van der Waals surface area contributed by atoms with E-state index in [2.05, 4.69) is 15.3 Å². The molecule has 3 aromatic rings. The van der Waals surface area contributed by atoms with Crippen molar-refractivity contribution in [3.8, 4) is 22.8 Å². The van der Waals surface area contributed by atoms with Crippen LogP contribution in [0.5, 0.6) is 11.6 Å². The second-order valence-corrected chi connectivity index (χ2v) is 10.4. The third kappa shape index (κ3) is 6.14. The molecule has 2 aliphatic heterocycles. The average molecular weight is 576 g/mol. The summed E-state index contributed by atoms with van der Waals surface area (Å²) in [4.78, 5) is 21.3. The van der Waals surface area contributed by atoms with Gasteiger partial charge < -0.3 is 30.5 Å². The number of rotatable bonds is 7. The normalized spacial score (nSPS) is 19.2. The number of carboxylic acids is 1. The Morgan fingerprint density at radius 1 is 1.15 bits per heavy atom. The van der Waals surface area contributed by atoms with E-state index < -0.39 is 30.1 Å². The zero-order valence-corrected chi connectivity index (χ0v) is 22.1. The smallest absolute Gasteiger partial charge is 0.429 e. The summed E-state index contributed by atoms with van der Waals surface area (Å²) in [6, 6.07) is 10.1. The summed E-state index contributed by atoms with van der Waals surface area (Å²) < 4.78 is 67.3. The second-order valence-electron chi connectivity index (χ2n) is 10.4. The van der Waals surface area contributed by atoms with Gasteiger partial charge in [-0.2, -0.15) is 23.1 Å². The summed E-state index contributed by atoms with van der Waals surface area (Å²) in [5.41, 5.74) is 6.04. The van der Waals surface area contributed by atoms with Gasteiger partial charge in [0, 0.05) is 36.8 Å². The van der Waals surface area contributed by atoms with Gasteiger partial charge in [0.05, 0.1) is 7.11 Å². The number of aliphatic carboxylic acids is 1. The number of nitrogens with zero attached hydrogens (tertiary/aromatic N) is 3.